The van der Waals surface area contributed by atoms with Gasteiger partial charge in [-0.2, -0.15) is 0 Å². The first-order chi connectivity index (χ1) is 10.3. The largest absolute Gasteiger partial charge is 0.381 e. The Kier molecular flexibility index (Phi) is 7.21. The number of guanidine groups is 1. The van der Waals surface area contributed by atoms with Crippen LogP contribution in [-0.4, -0.2) is 74.3 Å². The molecule has 1 N–H and O–H groups in total. The summed E-state index contributed by atoms with van der Waals surface area (Å²) in [5.74, 6) is 2.71. The Bertz CT molecular complexity index is 365. The molecular weight excluding hydrogens is 391 g/mol. The zero-order valence-corrected chi connectivity index (χ0v) is 16.3. The summed E-state index contributed by atoms with van der Waals surface area (Å²) < 4.78 is 5.48. The second-order valence-corrected chi connectivity index (χ2v) is 6.78. The highest BCUT2D eigenvalue weighted by molar-refractivity contribution is 14.0. The van der Waals surface area contributed by atoms with Crippen molar-refractivity contribution in [3.8, 4) is 0 Å². The molecule has 0 aromatic heterocycles. The maximum absolute atomic E-state index is 5.48. The van der Waals surface area contributed by atoms with Gasteiger partial charge in [-0.25, -0.2) is 0 Å². The summed E-state index contributed by atoms with van der Waals surface area (Å²) in [7, 11) is 0. The number of nitrogens with one attached hydrogen (secondary N) is 1. The monoisotopic (exact) mass is 422 g/mol. The summed E-state index contributed by atoms with van der Waals surface area (Å²) >= 11 is 0. The van der Waals surface area contributed by atoms with E-state index in [-0.39, 0.29) is 24.0 Å². The molecule has 0 spiro atoms. The number of piperazine rings is 1. The first-order valence-corrected chi connectivity index (χ1v) is 8.62. The molecule has 2 heterocycles. The minimum absolute atomic E-state index is 0. The molecule has 0 bridgehead atoms. The number of aliphatic imine (C=N–C) groups is 1. The van der Waals surface area contributed by atoms with E-state index in [4.69, 9.17) is 4.74 Å². The third kappa shape index (κ3) is 4.96. The van der Waals surface area contributed by atoms with Crippen LogP contribution in [0.2, 0.25) is 0 Å². The molecule has 128 valence electrons. The van der Waals surface area contributed by atoms with Gasteiger partial charge < -0.3 is 15.0 Å². The number of rotatable bonds is 4. The molecule has 0 radical (unpaired) electrons. The van der Waals surface area contributed by atoms with Crippen molar-refractivity contribution in [1.29, 1.82) is 0 Å². The summed E-state index contributed by atoms with van der Waals surface area (Å²) in [5.41, 5.74) is 0. The normalized spacial score (nSPS) is 32.7. The lowest BCUT2D eigenvalue weighted by atomic mass is 10.1. The van der Waals surface area contributed by atoms with Crippen LogP contribution in [0.3, 0.4) is 0 Å². The minimum Gasteiger partial charge on any atom is -0.381 e. The molecule has 3 rings (SSSR count). The van der Waals surface area contributed by atoms with Gasteiger partial charge in [-0.05, 0) is 31.6 Å². The predicted molar refractivity (Wildman–Crippen MR) is 101 cm³/mol. The molecule has 1 saturated carbocycles. The fourth-order valence-electron chi connectivity index (χ4n) is 3.31. The van der Waals surface area contributed by atoms with Crippen molar-refractivity contribution in [2.45, 2.75) is 32.7 Å². The van der Waals surface area contributed by atoms with Gasteiger partial charge in [0.05, 0.1) is 6.61 Å². The van der Waals surface area contributed by atoms with Crippen molar-refractivity contribution in [2.24, 2.45) is 16.8 Å². The van der Waals surface area contributed by atoms with E-state index in [1.54, 1.807) is 0 Å². The highest BCUT2D eigenvalue weighted by atomic mass is 127. The summed E-state index contributed by atoms with van der Waals surface area (Å²) in [5, 5.41) is 3.64. The number of ether oxygens (including phenoxy) is 1. The van der Waals surface area contributed by atoms with E-state index in [0.29, 0.717) is 6.04 Å². The Morgan fingerprint density at radius 1 is 1.27 bits per heavy atom. The Labute approximate surface area is 151 Å². The molecule has 0 aromatic carbocycles. The van der Waals surface area contributed by atoms with Crippen LogP contribution >= 0.6 is 24.0 Å². The third-order valence-electron chi connectivity index (χ3n) is 4.94. The van der Waals surface area contributed by atoms with Crippen LogP contribution in [-0.2, 0) is 4.74 Å². The fourth-order valence-corrected chi connectivity index (χ4v) is 3.31. The SMILES string of the molecule is CCN=C(NC1CC1C)N1CCN(CC2CCOC2)CC1.I. The lowest BCUT2D eigenvalue weighted by molar-refractivity contribution is 0.139. The van der Waals surface area contributed by atoms with Crippen molar-refractivity contribution in [1.82, 2.24) is 15.1 Å². The van der Waals surface area contributed by atoms with Gasteiger partial charge in [0.2, 0.25) is 0 Å². The van der Waals surface area contributed by atoms with Crippen LogP contribution in [0.4, 0.5) is 0 Å². The average Bonchev–Trinajstić information content (AvgIpc) is 2.97. The fraction of sp³-hybridized carbons (Fsp3) is 0.938. The van der Waals surface area contributed by atoms with Crippen molar-refractivity contribution < 1.29 is 4.74 Å². The molecule has 1 aliphatic carbocycles. The Morgan fingerprint density at radius 2 is 2.00 bits per heavy atom. The minimum atomic E-state index is 0. The standard InChI is InChI=1S/C16H30N4O.HI/c1-3-17-16(18-15-10-13(15)2)20-7-5-19(6-8-20)11-14-4-9-21-12-14;/h13-15H,3-12H2,1-2H3,(H,17,18);1H. The number of hydrogen-bond donors (Lipinski definition) is 1. The first kappa shape index (κ1) is 18.3. The molecule has 2 saturated heterocycles. The molecule has 22 heavy (non-hydrogen) atoms. The van der Waals surface area contributed by atoms with Gasteiger partial charge in [-0.15, -0.1) is 24.0 Å². The molecular formula is C16H31IN4O. The van der Waals surface area contributed by atoms with Crippen LogP contribution in [0.25, 0.3) is 0 Å². The topological polar surface area (TPSA) is 40.1 Å². The maximum Gasteiger partial charge on any atom is 0.194 e. The van der Waals surface area contributed by atoms with Gasteiger partial charge in [0.1, 0.15) is 0 Å². The van der Waals surface area contributed by atoms with E-state index >= 15 is 0 Å². The van der Waals surface area contributed by atoms with Gasteiger partial charge in [0.15, 0.2) is 5.96 Å². The zero-order chi connectivity index (χ0) is 14.7. The summed E-state index contributed by atoms with van der Waals surface area (Å²) in [6.07, 6.45) is 2.54. The number of nitrogens with zero attached hydrogens (tertiary/aromatic N) is 3. The van der Waals surface area contributed by atoms with Crippen molar-refractivity contribution >= 4 is 29.9 Å². The number of hydrogen-bond acceptors (Lipinski definition) is 3. The smallest absolute Gasteiger partial charge is 0.194 e. The van der Waals surface area contributed by atoms with E-state index in [1.165, 1.54) is 19.4 Å². The third-order valence-corrected chi connectivity index (χ3v) is 4.94. The highest BCUT2D eigenvalue weighted by Crippen LogP contribution is 2.29. The zero-order valence-electron chi connectivity index (χ0n) is 14.0. The van der Waals surface area contributed by atoms with Gasteiger partial charge in [0.25, 0.3) is 0 Å². The van der Waals surface area contributed by atoms with Crippen LogP contribution in [0.1, 0.15) is 26.7 Å². The van der Waals surface area contributed by atoms with E-state index in [1.807, 2.05) is 0 Å². The molecule has 5 nitrogen and oxygen atoms in total. The highest BCUT2D eigenvalue weighted by Gasteiger charge is 2.34. The van der Waals surface area contributed by atoms with Gasteiger partial charge in [0, 0.05) is 51.9 Å². The molecule has 0 aromatic rings. The van der Waals surface area contributed by atoms with Crippen molar-refractivity contribution in [3.63, 3.8) is 0 Å². The van der Waals surface area contributed by atoms with Gasteiger partial charge in [-0.3, -0.25) is 9.89 Å². The Balaban J connectivity index is 0.00000176. The van der Waals surface area contributed by atoms with Crippen molar-refractivity contribution in [2.75, 3.05) is 52.5 Å². The molecule has 3 fully saturated rings. The average molecular weight is 422 g/mol. The lowest BCUT2D eigenvalue weighted by Crippen LogP contribution is -2.53. The molecule has 2 aliphatic heterocycles. The second-order valence-electron chi connectivity index (χ2n) is 6.78. The summed E-state index contributed by atoms with van der Waals surface area (Å²) in [4.78, 5) is 9.72. The molecule has 6 heteroatoms. The lowest BCUT2D eigenvalue weighted by Gasteiger charge is -2.37. The van der Waals surface area contributed by atoms with E-state index < -0.39 is 0 Å². The second kappa shape index (κ2) is 8.68. The van der Waals surface area contributed by atoms with Gasteiger partial charge in [-0.1, -0.05) is 6.92 Å². The number of halogens is 1. The predicted octanol–water partition coefficient (Wildman–Crippen LogP) is 1.63. The van der Waals surface area contributed by atoms with Gasteiger partial charge >= 0.3 is 0 Å². The summed E-state index contributed by atoms with van der Waals surface area (Å²) in [6, 6.07) is 0.656. The van der Waals surface area contributed by atoms with E-state index in [0.717, 1.165) is 63.7 Å². The van der Waals surface area contributed by atoms with Crippen LogP contribution in [0.5, 0.6) is 0 Å². The molecule has 3 atom stereocenters. The Morgan fingerprint density at radius 3 is 2.55 bits per heavy atom. The Hall–Kier alpha value is -0.0800. The summed E-state index contributed by atoms with van der Waals surface area (Å²) in [6.45, 7) is 12.9. The van der Waals surface area contributed by atoms with Crippen LogP contribution in [0.15, 0.2) is 4.99 Å². The van der Waals surface area contributed by atoms with E-state index in [2.05, 4.69) is 34.0 Å². The maximum atomic E-state index is 5.48. The quantitative estimate of drug-likeness (QED) is 0.425. The van der Waals surface area contributed by atoms with Crippen molar-refractivity contribution in [3.05, 3.63) is 0 Å². The van der Waals surface area contributed by atoms with Crippen LogP contribution < -0.4 is 5.32 Å². The molecule has 0 amide bonds. The molecule has 3 unspecified atom stereocenters. The first-order valence-electron chi connectivity index (χ1n) is 8.62. The molecule has 3 aliphatic rings. The van der Waals surface area contributed by atoms with Crippen LogP contribution in [0, 0.1) is 11.8 Å². The van der Waals surface area contributed by atoms with E-state index in [9.17, 15) is 0 Å².